The van der Waals surface area contributed by atoms with E-state index in [2.05, 4.69) is 0 Å². The Balaban J connectivity index is 1.89. The van der Waals surface area contributed by atoms with E-state index in [-0.39, 0.29) is 18.0 Å². The van der Waals surface area contributed by atoms with Crippen molar-refractivity contribution in [1.82, 2.24) is 4.90 Å². The second-order valence-electron chi connectivity index (χ2n) is 6.12. The lowest BCUT2D eigenvalue weighted by Gasteiger charge is -2.45. The molecule has 0 N–H and O–H groups in total. The summed E-state index contributed by atoms with van der Waals surface area (Å²) >= 11 is 0. The van der Waals surface area contributed by atoms with E-state index >= 15 is 0 Å². The van der Waals surface area contributed by atoms with Crippen molar-refractivity contribution < 1.29 is 23.8 Å². The maximum Gasteiger partial charge on any atom is 0.341 e. The van der Waals surface area contributed by atoms with Gasteiger partial charge in [0.1, 0.15) is 11.3 Å². The third kappa shape index (κ3) is 3.11. The summed E-state index contributed by atoms with van der Waals surface area (Å²) in [5.41, 5.74) is 0.864. The summed E-state index contributed by atoms with van der Waals surface area (Å²) in [6.07, 6.45) is 3.08. The largest absolute Gasteiger partial charge is 0.493 e. The highest BCUT2D eigenvalue weighted by molar-refractivity contribution is 5.98. The fraction of sp³-hybridized carbons (Fsp3) is 0.556. The first-order chi connectivity index (χ1) is 11.7. The molecule has 6 nitrogen and oxygen atoms in total. The van der Waals surface area contributed by atoms with Gasteiger partial charge in [0.25, 0.3) is 5.91 Å². The van der Waals surface area contributed by atoms with Crippen molar-refractivity contribution in [2.24, 2.45) is 0 Å². The number of amides is 1. The Kier molecular flexibility index (Phi) is 5.04. The van der Waals surface area contributed by atoms with E-state index in [1.54, 1.807) is 18.2 Å². The Morgan fingerprint density at radius 3 is 2.58 bits per heavy atom. The lowest BCUT2D eigenvalue weighted by atomic mass is 9.93. The molecule has 2 aliphatic heterocycles. The zero-order valence-electron chi connectivity index (χ0n) is 14.1. The number of piperidine rings is 1. The molecular weight excluding hydrogens is 310 g/mol. The van der Waals surface area contributed by atoms with Gasteiger partial charge in [-0.15, -0.1) is 0 Å². The van der Waals surface area contributed by atoms with Crippen LogP contribution in [0.25, 0.3) is 0 Å². The molecular formula is C18H23NO5. The summed E-state index contributed by atoms with van der Waals surface area (Å²) in [6, 6.07) is 5.19. The van der Waals surface area contributed by atoms with Crippen LogP contribution in [0.15, 0.2) is 18.2 Å². The molecule has 130 valence electrons. The molecule has 0 aliphatic carbocycles. The number of nitrogens with zero attached hydrogens (tertiary/aromatic N) is 1. The summed E-state index contributed by atoms with van der Waals surface area (Å²) in [6.45, 7) is 3.44. The molecule has 2 heterocycles. The van der Waals surface area contributed by atoms with Gasteiger partial charge >= 0.3 is 5.97 Å². The Labute approximate surface area is 141 Å². The van der Waals surface area contributed by atoms with Gasteiger partial charge in [-0.3, -0.25) is 4.79 Å². The number of fused-ring (bicyclic) bond motifs is 2. The molecule has 2 saturated heterocycles. The monoisotopic (exact) mass is 333 g/mol. The summed E-state index contributed by atoms with van der Waals surface area (Å²) < 4.78 is 15.9. The average Bonchev–Trinajstić information content (AvgIpc) is 2.60. The van der Waals surface area contributed by atoms with E-state index < -0.39 is 5.97 Å². The van der Waals surface area contributed by atoms with Crippen LogP contribution in [0.5, 0.6) is 5.75 Å². The summed E-state index contributed by atoms with van der Waals surface area (Å²) in [7, 11) is 1.33. The highest BCUT2D eigenvalue weighted by Crippen LogP contribution is 2.30. The highest BCUT2D eigenvalue weighted by atomic mass is 16.5. The van der Waals surface area contributed by atoms with Crippen molar-refractivity contribution in [2.45, 2.75) is 38.3 Å². The topological polar surface area (TPSA) is 65.1 Å². The summed E-state index contributed by atoms with van der Waals surface area (Å²) in [5, 5.41) is 0. The first kappa shape index (κ1) is 16.8. The molecule has 24 heavy (non-hydrogen) atoms. The second kappa shape index (κ2) is 7.21. The van der Waals surface area contributed by atoms with Gasteiger partial charge in [0.2, 0.25) is 0 Å². The molecule has 6 heteroatoms. The molecule has 2 bridgehead atoms. The molecule has 2 unspecified atom stereocenters. The second-order valence-corrected chi connectivity index (χ2v) is 6.12. The number of benzene rings is 1. The molecule has 3 rings (SSSR count). The Morgan fingerprint density at radius 1 is 1.25 bits per heavy atom. The number of esters is 1. The van der Waals surface area contributed by atoms with Crippen LogP contribution in [0.3, 0.4) is 0 Å². The van der Waals surface area contributed by atoms with Gasteiger partial charge in [0.05, 0.1) is 39.0 Å². The number of carbonyl (C=O) groups excluding carboxylic acids is 2. The van der Waals surface area contributed by atoms with Crippen LogP contribution >= 0.6 is 0 Å². The zero-order valence-corrected chi connectivity index (χ0v) is 14.1. The predicted octanol–water partition coefficient (Wildman–Crippen LogP) is 2.27. The third-order valence-corrected chi connectivity index (χ3v) is 4.65. The molecule has 0 saturated carbocycles. The Hall–Kier alpha value is -2.08. The van der Waals surface area contributed by atoms with Crippen LogP contribution in [0.1, 0.15) is 46.9 Å². The molecule has 0 spiro atoms. The lowest BCUT2D eigenvalue weighted by molar-refractivity contribution is -0.0566. The maximum absolute atomic E-state index is 13.0. The van der Waals surface area contributed by atoms with E-state index in [4.69, 9.17) is 14.2 Å². The summed E-state index contributed by atoms with van der Waals surface area (Å²) in [5.74, 6) is -0.111. The van der Waals surface area contributed by atoms with Crippen molar-refractivity contribution in [3.05, 3.63) is 29.3 Å². The van der Waals surface area contributed by atoms with E-state index in [1.165, 1.54) is 7.11 Å². The fourth-order valence-electron chi connectivity index (χ4n) is 3.52. The fourth-order valence-corrected chi connectivity index (χ4v) is 3.52. The first-order valence-electron chi connectivity index (χ1n) is 8.41. The van der Waals surface area contributed by atoms with Crippen LogP contribution in [0.2, 0.25) is 0 Å². The minimum absolute atomic E-state index is 0.0228. The molecule has 2 atom stereocenters. The molecule has 0 radical (unpaired) electrons. The quantitative estimate of drug-likeness (QED) is 0.791. The van der Waals surface area contributed by atoms with Gasteiger partial charge in [-0.25, -0.2) is 4.79 Å². The number of rotatable bonds is 4. The van der Waals surface area contributed by atoms with Crippen LogP contribution in [-0.2, 0) is 9.47 Å². The van der Waals surface area contributed by atoms with Crippen molar-refractivity contribution in [2.75, 3.05) is 26.9 Å². The van der Waals surface area contributed by atoms with E-state index in [1.807, 2.05) is 11.8 Å². The Morgan fingerprint density at radius 2 is 1.96 bits per heavy atom. The van der Waals surface area contributed by atoms with Crippen LogP contribution in [0.4, 0.5) is 0 Å². The first-order valence-corrected chi connectivity index (χ1v) is 8.41. The van der Waals surface area contributed by atoms with Gasteiger partial charge in [-0.05, 0) is 44.4 Å². The van der Waals surface area contributed by atoms with Gasteiger partial charge in [0, 0.05) is 5.56 Å². The van der Waals surface area contributed by atoms with Crippen LogP contribution < -0.4 is 4.74 Å². The van der Waals surface area contributed by atoms with Gasteiger partial charge in [-0.2, -0.15) is 0 Å². The molecule has 1 aromatic rings. The SMILES string of the molecule is CCOc1cc(C(=O)N2C3CCCC2COC3)ccc1C(=O)OC. The van der Waals surface area contributed by atoms with E-state index in [9.17, 15) is 9.59 Å². The van der Waals surface area contributed by atoms with Gasteiger partial charge < -0.3 is 19.1 Å². The lowest BCUT2D eigenvalue weighted by Crippen LogP contribution is -2.57. The standard InChI is InChI=1S/C18H23NO5/c1-3-24-16-9-12(7-8-15(16)18(21)22-2)17(20)19-13-5-4-6-14(19)11-23-10-13/h7-9,13-14H,3-6,10-11H2,1-2H3. The van der Waals surface area contributed by atoms with Crippen LogP contribution in [-0.4, -0.2) is 55.8 Å². The Bertz CT molecular complexity index is 608. The molecule has 1 amide bonds. The predicted molar refractivity (Wildman–Crippen MR) is 87.4 cm³/mol. The smallest absolute Gasteiger partial charge is 0.341 e. The molecule has 2 fully saturated rings. The molecule has 0 aromatic heterocycles. The van der Waals surface area contributed by atoms with Crippen molar-refractivity contribution >= 4 is 11.9 Å². The molecule has 2 aliphatic rings. The van der Waals surface area contributed by atoms with E-state index in [0.717, 1.165) is 19.3 Å². The number of hydrogen-bond donors (Lipinski definition) is 0. The van der Waals surface area contributed by atoms with Gasteiger partial charge in [0.15, 0.2) is 0 Å². The number of morpholine rings is 1. The number of ether oxygens (including phenoxy) is 3. The van der Waals surface area contributed by atoms with Crippen molar-refractivity contribution in [3.63, 3.8) is 0 Å². The molecule has 1 aromatic carbocycles. The number of hydrogen-bond acceptors (Lipinski definition) is 5. The third-order valence-electron chi connectivity index (χ3n) is 4.65. The van der Waals surface area contributed by atoms with Crippen molar-refractivity contribution in [1.29, 1.82) is 0 Å². The minimum Gasteiger partial charge on any atom is -0.493 e. The normalized spacial score (nSPS) is 22.8. The zero-order chi connectivity index (χ0) is 17.1. The summed E-state index contributed by atoms with van der Waals surface area (Å²) in [4.78, 5) is 26.8. The van der Waals surface area contributed by atoms with Crippen LogP contribution in [0, 0.1) is 0 Å². The number of carbonyl (C=O) groups is 2. The van der Waals surface area contributed by atoms with Gasteiger partial charge in [-0.1, -0.05) is 0 Å². The minimum atomic E-state index is -0.472. The van der Waals surface area contributed by atoms with E-state index in [0.29, 0.717) is 36.7 Å². The highest BCUT2D eigenvalue weighted by Gasteiger charge is 2.38. The number of methoxy groups -OCH3 is 1. The maximum atomic E-state index is 13.0. The average molecular weight is 333 g/mol. The van der Waals surface area contributed by atoms with Crippen molar-refractivity contribution in [3.8, 4) is 5.75 Å².